The van der Waals surface area contributed by atoms with Gasteiger partial charge in [-0.2, -0.15) is 0 Å². The first-order valence-corrected chi connectivity index (χ1v) is 10.3. The Labute approximate surface area is 186 Å². The molecular formula is C26H23NO5. The summed E-state index contributed by atoms with van der Waals surface area (Å²) >= 11 is 0. The lowest BCUT2D eigenvalue weighted by molar-refractivity contribution is -0.136. The molecule has 1 heterocycles. The third kappa shape index (κ3) is 3.60. The molecule has 3 aromatic rings. The summed E-state index contributed by atoms with van der Waals surface area (Å²) in [7, 11) is 1.29. The van der Waals surface area contributed by atoms with E-state index in [4.69, 9.17) is 9.47 Å². The van der Waals surface area contributed by atoms with Gasteiger partial charge < -0.3 is 14.6 Å². The molecule has 162 valence electrons. The second-order valence-electron chi connectivity index (χ2n) is 7.31. The number of nitrogens with zero attached hydrogens (tertiary/aromatic N) is 1. The molecular weight excluding hydrogens is 406 g/mol. The monoisotopic (exact) mass is 429 g/mol. The van der Waals surface area contributed by atoms with Crippen LogP contribution < -0.4 is 9.64 Å². The minimum absolute atomic E-state index is 0.00374. The number of aromatic hydroxyl groups is 1. The molecule has 6 heteroatoms. The number of rotatable bonds is 5. The van der Waals surface area contributed by atoms with Gasteiger partial charge in [0.1, 0.15) is 0 Å². The maximum Gasteiger partial charge on any atom is 0.340 e. The summed E-state index contributed by atoms with van der Waals surface area (Å²) in [6, 6.07) is 18.3. The Hall–Kier alpha value is -4.06. The first-order valence-electron chi connectivity index (χ1n) is 10.3. The minimum Gasteiger partial charge on any atom is -0.504 e. The van der Waals surface area contributed by atoms with Gasteiger partial charge in [0.05, 0.1) is 30.6 Å². The van der Waals surface area contributed by atoms with E-state index in [1.165, 1.54) is 13.2 Å². The van der Waals surface area contributed by atoms with E-state index in [1.54, 1.807) is 30.0 Å². The van der Waals surface area contributed by atoms with Crippen LogP contribution in [0.4, 0.5) is 5.69 Å². The molecule has 1 aliphatic rings. The summed E-state index contributed by atoms with van der Waals surface area (Å²) in [5, 5.41) is 11.9. The molecule has 1 amide bonds. The van der Waals surface area contributed by atoms with Crippen LogP contribution in [0.3, 0.4) is 0 Å². The third-order valence-corrected chi connectivity index (χ3v) is 5.39. The Morgan fingerprint density at radius 3 is 2.59 bits per heavy atom. The van der Waals surface area contributed by atoms with E-state index in [1.807, 2.05) is 49.4 Å². The summed E-state index contributed by atoms with van der Waals surface area (Å²) in [5.74, 6) is -0.610. The van der Waals surface area contributed by atoms with Gasteiger partial charge in [0.2, 0.25) is 0 Å². The molecule has 4 rings (SSSR count). The Kier molecular flexibility index (Phi) is 5.69. The highest BCUT2D eigenvalue weighted by Crippen LogP contribution is 2.39. The number of fused-ring (bicyclic) bond motifs is 1. The van der Waals surface area contributed by atoms with Crippen molar-refractivity contribution < 1.29 is 24.2 Å². The fourth-order valence-electron chi connectivity index (χ4n) is 3.93. The second kappa shape index (κ2) is 8.59. The molecule has 0 spiro atoms. The van der Waals surface area contributed by atoms with Crippen molar-refractivity contribution in [2.24, 2.45) is 0 Å². The summed E-state index contributed by atoms with van der Waals surface area (Å²) in [5.41, 5.74) is 2.22. The zero-order valence-electron chi connectivity index (χ0n) is 18.1. The molecule has 0 saturated carbocycles. The normalized spacial score (nSPS) is 15.0. The van der Waals surface area contributed by atoms with Gasteiger partial charge in [-0.25, -0.2) is 4.79 Å². The lowest BCUT2D eigenvalue weighted by atomic mass is 10.0. The van der Waals surface area contributed by atoms with Crippen molar-refractivity contribution in [3.05, 3.63) is 83.1 Å². The van der Waals surface area contributed by atoms with E-state index in [2.05, 4.69) is 0 Å². The van der Waals surface area contributed by atoms with Crippen LogP contribution in [0.15, 0.2) is 77.5 Å². The van der Waals surface area contributed by atoms with Gasteiger partial charge in [-0.15, -0.1) is 0 Å². The molecule has 0 atom stereocenters. The highest BCUT2D eigenvalue weighted by molar-refractivity contribution is 6.25. The smallest absolute Gasteiger partial charge is 0.340 e. The molecule has 1 aliphatic heterocycles. The Balaban J connectivity index is 1.88. The fraction of sp³-hybridized carbons (Fsp3) is 0.154. The number of hydrogen-bond donors (Lipinski definition) is 1. The van der Waals surface area contributed by atoms with Crippen LogP contribution in [0.2, 0.25) is 0 Å². The van der Waals surface area contributed by atoms with Gasteiger partial charge in [-0.3, -0.25) is 9.69 Å². The van der Waals surface area contributed by atoms with Gasteiger partial charge in [-0.1, -0.05) is 42.5 Å². The SMILES string of the molecule is CCOc1cc(/C=C2\C(=O)N(c3cccc4ccccc34)C(C)=C2C(=O)OC)ccc1O. The molecule has 3 aromatic carbocycles. The number of phenols is 1. The van der Waals surface area contributed by atoms with Crippen LogP contribution in [0.1, 0.15) is 19.4 Å². The summed E-state index contributed by atoms with van der Waals surface area (Å²) < 4.78 is 10.4. The number of ether oxygens (including phenoxy) is 2. The van der Waals surface area contributed by atoms with Gasteiger partial charge in [0, 0.05) is 11.1 Å². The van der Waals surface area contributed by atoms with Crippen molar-refractivity contribution in [2.75, 3.05) is 18.6 Å². The number of hydrogen-bond acceptors (Lipinski definition) is 5. The largest absolute Gasteiger partial charge is 0.504 e. The molecule has 0 fully saturated rings. The molecule has 1 N–H and O–H groups in total. The van der Waals surface area contributed by atoms with E-state index < -0.39 is 5.97 Å². The van der Waals surface area contributed by atoms with Crippen LogP contribution >= 0.6 is 0 Å². The summed E-state index contributed by atoms with van der Waals surface area (Å²) in [4.78, 5) is 27.8. The van der Waals surface area contributed by atoms with Gasteiger partial charge in [-0.05, 0) is 49.1 Å². The first kappa shape index (κ1) is 21.2. The lowest BCUT2D eigenvalue weighted by Gasteiger charge is -2.20. The van der Waals surface area contributed by atoms with Crippen LogP contribution in [-0.4, -0.2) is 30.7 Å². The third-order valence-electron chi connectivity index (χ3n) is 5.39. The van der Waals surface area contributed by atoms with Crippen molar-refractivity contribution >= 4 is 34.4 Å². The number of anilines is 1. The van der Waals surface area contributed by atoms with Crippen LogP contribution in [0.5, 0.6) is 11.5 Å². The number of methoxy groups -OCH3 is 1. The first-order chi connectivity index (χ1) is 15.5. The topological polar surface area (TPSA) is 76.1 Å². The van der Waals surface area contributed by atoms with Gasteiger partial charge in [0.25, 0.3) is 5.91 Å². The lowest BCUT2D eigenvalue weighted by Crippen LogP contribution is -2.24. The van der Waals surface area contributed by atoms with Crippen LogP contribution in [-0.2, 0) is 14.3 Å². The average molecular weight is 429 g/mol. The Morgan fingerprint density at radius 2 is 1.84 bits per heavy atom. The van der Waals surface area contributed by atoms with Gasteiger partial charge in [0.15, 0.2) is 11.5 Å². The molecule has 0 aromatic heterocycles. The molecule has 32 heavy (non-hydrogen) atoms. The van der Waals surface area contributed by atoms with Crippen LogP contribution in [0, 0.1) is 0 Å². The minimum atomic E-state index is -0.589. The standard InChI is InChI=1S/C26H23NO5/c1-4-32-23-15-17(12-13-22(23)28)14-20-24(26(30)31-3)16(2)27(25(20)29)21-11-7-9-18-8-5-6-10-19(18)21/h5-15,28H,4H2,1-3H3/b20-14-. The van der Waals surface area contributed by atoms with Crippen molar-refractivity contribution in [2.45, 2.75) is 13.8 Å². The highest BCUT2D eigenvalue weighted by atomic mass is 16.5. The van der Waals surface area contributed by atoms with Crippen molar-refractivity contribution in [1.82, 2.24) is 0 Å². The van der Waals surface area contributed by atoms with Crippen LogP contribution in [0.25, 0.3) is 16.8 Å². The fourth-order valence-corrected chi connectivity index (χ4v) is 3.93. The maximum absolute atomic E-state index is 13.6. The van der Waals surface area contributed by atoms with Crippen molar-refractivity contribution in [3.63, 3.8) is 0 Å². The van der Waals surface area contributed by atoms with E-state index in [9.17, 15) is 14.7 Å². The molecule has 6 nitrogen and oxygen atoms in total. The highest BCUT2D eigenvalue weighted by Gasteiger charge is 2.38. The van der Waals surface area contributed by atoms with E-state index in [-0.39, 0.29) is 22.8 Å². The summed E-state index contributed by atoms with van der Waals surface area (Å²) in [6.45, 7) is 3.93. The molecule has 0 bridgehead atoms. The van der Waals surface area contributed by atoms with Crippen molar-refractivity contribution in [1.29, 1.82) is 0 Å². The predicted octanol–water partition coefficient (Wildman–Crippen LogP) is 4.82. The molecule has 0 aliphatic carbocycles. The molecule has 0 saturated heterocycles. The quantitative estimate of drug-likeness (QED) is 0.465. The number of phenolic OH excluding ortho intramolecular Hbond substituents is 1. The molecule has 0 unspecified atom stereocenters. The average Bonchev–Trinajstić information content (AvgIpc) is 3.04. The number of esters is 1. The second-order valence-corrected chi connectivity index (χ2v) is 7.31. The number of benzene rings is 3. The summed E-state index contributed by atoms with van der Waals surface area (Å²) in [6.07, 6.45) is 1.62. The number of carbonyl (C=O) groups excluding carboxylic acids is 2. The predicted molar refractivity (Wildman–Crippen MR) is 123 cm³/mol. The van der Waals surface area contributed by atoms with E-state index >= 15 is 0 Å². The maximum atomic E-state index is 13.6. The van der Waals surface area contributed by atoms with Crippen molar-refractivity contribution in [3.8, 4) is 11.5 Å². The van der Waals surface area contributed by atoms with E-state index in [0.717, 1.165) is 10.8 Å². The zero-order chi connectivity index (χ0) is 22.8. The zero-order valence-corrected chi connectivity index (χ0v) is 18.1. The van der Waals surface area contributed by atoms with Gasteiger partial charge >= 0.3 is 5.97 Å². The van der Waals surface area contributed by atoms with E-state index in [0.29, 0.717) is 29.3 Å². The Morgan fingerprint density at radius 1 is 1.09 bits per heavy atom. The molecule has 0 radical (unpaired) electrons. The number of amides is 1. The number of carbonyl (C=O) groups is 2. The number of allylic oxidation sites excluding steroid dienone is 1. The Bertz CT molecular complexity index is 1280.